The molecule has 0 unspecified atom stereocenters. The van der Waals surface area contributed by atoms with Crippen LogP contribution in [0.2, 0.25) is 0 Å². The Bertz CT molecular complexity index is 559. The number of hydrogen-bond acceptors (Lipinski definition) is 4. The molecule has 2 aromatic rings. The topological polar surface area (TPSA) is 47.1 Å². The van der Waals surface area contributed by atoms with Crippen LogP contribution in [0.25, 0.3) is 0 Å². The van der Waals surface area contributed by atoms with E-state index in [2.05, 4.69) is 21.2 Å². The maximum absolute atomic E-state index is 5.24. The van der Waals surface area contributed by atoms with Crippen molar-refractivity contribution in [3.8, 4) is 0 Å². The molecule has 0 aliphatic carbocycles. The fraction of sp³-hybridized carbons (Fsp3) is 0.600. The lowest BCUT2D eigenvalue weighted by Gasteiger charge is -2.31. The van der Waals surface area contributed by atoms with E-state index >= 15 is 0 Å². The van der Waals surface area contributed by atoms with E-state index in [-0.39, 0.29) is 0 Å². The average molecular weight is 274 g/mol. The molecule has 0 atom stereocenters. The van der Waals surface area contributed by atoms with Gasteiger partial charge >= 0.3 is 0 Å². The summed E-state index contributed by atoms with van der Waals surface area (Å²) >= 11 is 0. The third-order valence-corrected chi connectivity index (χ3v) is 4.30. The number of piperidine rings is 1. The molecule has 2 aromatic heterocycles. The van der Waals surface area contributed by atoms with Crippen molar-refractivity contribution in [3.63, 3.8) is 0 Å². The second-order valence-electron chi connectivity index (χ2n) is 5.77. The van der Waals surface area contributed by atoms with Crippen molar-refractivity contribution < 1.29 is 4.52 Å². The van der Waals surface area contributed by atoms with Gasteiger partial charge in [0.05, 0.1) is 11.4 Å². The fourth-order valence-corrected chi connectivity index (χ4v) is 2.99. The van der Waals surface area contributed by atoms with Gasteiger partial charge in [0, 0.05) is 31.3 Å². The summed E-state index contributed by atoms with van der Waals surface area (Å²) < 4.78 is 7.14. The molecule has 1 saturated heterocycles. The summed E-state index contributed by atoms with van der Waals surface area (Å²) in [5.74, 6) is 1.56. The quantitative estimate of drug-likeness (QED) is 0.862. The molecule has 0 N–H and O–H groups in total. The molecular weight excluding hydrogens is 252 g/mol. The Labute approximate surface area is 119 Å². The van der Waals surface area contributed by atoms with Gasteiger partial charge in [-0.25, -0.2) is 0 Å². The number of aromatic nitrogens is 3. The zero-order valence-corrected chi connectivity index (χ0v) is 12.5. The van der Waals surface area contributed by atoms with Gasteiger partial charge < -0.3 is 4.52 Å². The first-order valence-electron chi connectivity index (χ1n) is 7.27. The molecule has 5 heteroatoms. The number of hydrogen-bond donors (Lipinski definition) is 0. The molecule has 0 bridgehead atoms. The first kappa shape index (κ1) is 13.4. The molecule has 0 radical (unpaired) electrons. The standard InChI is InChI=1S/C15H22N4O/c1-11-14(12(2)20-17-11)10-19-8-4-13(5-9-19)15-6-7-18(3)16-15/h6-7,13H,4-5,8-10H2,1-3H3. The van der Waals surface area contributed by atoms with Gasteiger partial charge in [-0.05, 0) is 45.8 Å². The maximum Gasteiger partial charge on any atom is 0.138 e. The van der Waals surface area contributed by atoms with Gasteiger partial charge in [-0.1, -0.05) is 5.16 Å². The summed E-state index contributed by atoms with van der Waals surface area (Å²) in [6, 6.07) is 2.15. The summed E-state index contributed by atoms with van der Waals surface area (Å²) in [5, 5.41) is 8.57. The summed E-state index contributed by atoms with van der Waals surface area (Å²) in [4.78, 5) is 2.49. The highest BCUT2D eigenvalue weighted by Gasteiger charge is 2.23. The minimum Gasteiger partial charge on any atom is -0.361 e. The van der Waals surface area contributed by atoms with Crippen LogP contribution in [0.1, 0.15) is 41.5 Å². The lowest BCUT2D eigenvalue weighted by atomic mass is 9.93. The van der Waals surface area contributed by atoms with E-state index in [4.69, 9.17) is 4.52 Å². The van der Waals surface area contributed by atoms with Crippen LogP contribution in [0.4, 0.5) is 0 Å². The molecule has 20 heavy (non-hydrogen) atoms. The van der Waals surface area contributed by atoms with E-state index < -0.39 is 0 Å². The van der Waals surface area contributed by atoms with E-state index in [9.17, 15) is 0 Å². The predicted molar refractivity (Wildman–Crippen MR) is 76.4 cm³/mol. The fourth-order valence-electron chi connectivity index (χ4n) is 2.99. The van der Waals surface area contributed by atoms with Crippen LogP contribution in [0.15, 0.2) is 16.8 Å². The molecule has 1 fully saturated rings. The minimum absolute atomic E-state index is 0.608. The van der Waals surface area contributed by atoms with Crippen LogP contribution < -0.4 is 0 Å². The first-order valence-corrected chi connectivity index (χ1v) is 7.27. The average Bonchev–Trinajstić information content (AvgIpc) is 3.01. The molecule has 3 heterocycles. The zero-order valence-electron chi connectivity index (χ0n) is 12.5. The predicted octanol–water partition coefficient (Wildman–Crippen LogP) is 2.40. The minimum atomic E-state index is 0.608. The van der Waals surface area contributed by atoms with Crippen LogP contribution in [0.3, 0.4) is 0 Å². The van der Waals surface area contributed by atoms with Gasteiger partial charge in [0.15, 0.2) is 0 Å². The van der Waals surface area contributed by atoms with Crippen LogP contribution in [0.5, 0.6) is 0 Å². The molecule has 0 saturated carbocycles. The second kappa shape index (κ2) is 5.40. The van der Waals surface area contributed by atoms with Crippen LogP contribution in [-0.4, -0.2) is 32.9 Å². The van der Waals surface area contributed by atoms with Crippen LogP contribution in [0, 0.1) is 13.8 Å². The lowest BCUT2D eigenvalue weighted by Crippen LogP contribution is -2.32. The highest BCUT2D eigenvalue weighted by atomic mass is 16.5. The highest BCUT2D eigenvalue weighted by Crippen LogP contribution is 2.28. The summed E-state index contributed by atoms with van der Waals surface area (Å²) in [7, 11) is 1.98. The number of likely N-dealkylation sites (tertiary alicyclic amines) is 1. The lowest BCUT2D eigenvalue weighted by molar-refractivity contribution is 0.201. The monoisotopic (exact) mass is 274 g/mol. The van der Waals surface area contributed by atoms with Crippen molar-refractivity contribution in [2.75, 3.05) is 13.1 Å². The third kappa shape index (κ3) is 2.63. The molecule has 3 rings (SSSR count). The molecule has 0 spiro atoms. The summed E-state index contributed by atoms with van der Waals surface area (Å²) in [6.45, 7) is 7.20. The molecule has 0 aromatic carbocycles. The van der Waals surface area contributed by atoms with E-state index in [0.717, 1.165) is 31.1 Å². The van der Waals surface area contributed by atoms with Gasteiger partial charge in [0.1, 0.15) is 5.76 Å². The van der Waals surface area contributed by atoms with Crippen molar-refractivity contribution in [1.82, 2.24) is 19.8 Å². The smallest absolute Gasteiger partial charge is 0.138 e. The van der Waals surface area contributed by atoms with Crippen molar-refractivity contribution in [2.24, 2.45) is 7.05 Å². The zero-order chi connectivity index (χ0) is 14.1. The Hall–Kier alpha value is -1.62. The molecule has 1 aliphatic heterocycles. The van der Waals surface area contributed by atoms with Gasteiger partial charge in [0.25, 0.3) is 0 Å². The number of rotatable bonds is 3. The first-order chi connectivity index (χ1) is 9.63. The van der Waals surface area contributed by atoms with Crippen LogP contribution >= 0.6 is 0 Å². The SMILES string of the molecule is Cc1noc(C)c1CN1CCC(c2ccn(C)n2)CC1. The van der Waals surface area contributed by atoms with Crippen molar-refractivity contribution in [2.45, 2.75) is 39.2 Å². The second-order valence-corrected chi connectivity index (χ2v) is 5.77. The molecule has 5 nitrogen and oxygen atoms in total. The highest BCUT2D eigenvalue weighted by molar-refractivity contribution is 5.20. The maximum atomic E-state index is 5.24. The molecular formula is C15H22N4O. The van der Waals surface area contributed by atoms with Gasteiger partial charge in [0.2, 0.25) is 0 Å². The Morgan fingerprint density at radius 1 is 1.30 bits per heavy atom. The normalized spacial score (nSPS) is 17.8. The Morgan fingerprint density at radius 3 is 2.60 bits per heavy atom. The largest absolute Gasteiger partial charge is 0.361 e. The van der Waals surface area contributed by atoms with E-state index in [0.29, 0.717) is 5.92 Å². The summed E-state index contributed by atoms with van der Waals surface area (Å²) in [6.07, 6.45) is 4.40. The van der Waals surface area contributed by atoms with Gasteiger partial charge in [-0.3, -0.25) is 9.58 Å². The van der Waals surface area contributed by atoms with Crippen molar-refractivity contribution >= 4 is 0 Å². The molecule has 108 valence electrons. The molecule has 0 amide bonds. The summed E-state index contributed by atoms with van der Waals surface area (Å²) in [5.41, 5.74) is 3.51. The Morgan fingerprint density at radius 2 is 2.05 bits per heavy atom. The van der Waals surface area contributed by atoms with Gasteiger partial charge in [-0.2, -0.15) is 5.10 Å². The van der Waals surface area contributed by atoms with Crippen LogP contribution in [-0.2, 0) is 13.6 Å². The van der Waals surface area contributed by atoms with E-state index in [1.165, 1.54) is 24.1 Å². The number of aryl methyl sites for hydroxylation is 3. The Balaban J connectivity index is 1.59. The van der Waals surface area contributed by atoms with Gasteiger partial charge in [-0.15, -0.1) is 0 Å². The van der Waals surface area contributed by atoms with E-state index in [1.807, 2.05) is 31.8 Å². The Kier molecular flexibility index (Phi) is 3.61. The molecule has 1 aliphatic rings. The number of nitrogens with zero attached hydrogens (tertiary/aromatic N) is 4. The van der Waals surface area contributed by atoms with E-state index in [1.54, 1.807) is 0 Å². The third-order valence-electron chi connectivity index (χ3n) is 4.30. The van der Waals surface area contributed by atoms with Crippen molar-refractivity contribution in [1.29, 1.82) is 0 Å². The van der Waals surface area contributed by atoms with Crippen molar-refractivity contribution in [3.05, 3.63) is 35.0 Å².